The SMILES string of the molecule is CC(C)CN(C1CCCC1)C(C)(CN)Cc1ccccc1. The molecule has 0 heterocycles. The molecule has 1 aromatic rings. The summed E-state index contributed by atoms with van der Waals surface area (Å²) in [4.78, 5) is 2.73. The molecule has 0 radical (unpaired) electrons. The third-order valence-electron chi connectivity index (χ3n) is 4.89. The van der Waals surface area contributed by atoms with Crippen molar-refractivity contribution in [3.8, 4) is 0 Å². The summed E-state index contributed by atoms with van der Waals surface area (Å²) < 4.78 is 0. The van der Waals surface area contributed by atoms with Crippen molar-refractivity contribution in [3.05, 3.63) is 35.9 Å². The molecule has 2 nitrogen and oxygen atoms in total. The van der Waals surface area contributed by atoms with Gasteiger partial charge in [-0.15, -0.1) is 0 Å². The second kappa shape index (κ2) is 7.42. The van der Waals surface area contributed by atoms with Crippen molar-refractivity contribution in [2.24, 2.45) is 11.7 Å². The van der Waals surface area contributed by atoms with Gasteiger partial charge >= 0.3 is 0 Å². The third-order valence-corrected chi connectivity index (χ3v) is 4.89. The molecule has 21 heavy (non-hydrogen) atoms. The van der Waals surface area contributed by atoms with E-state index in [1.54, 1.807) is 0 Å². The van der Waals surface area contributed by atoms with Crippen LogP contribution in [0.4, 0.5) is 0 Å². The first-order chi connectivity index (χ1) is 10.0. The maximum absolute atomic E-state index is 6.26. The highest BCUT2D eigenvalue weighted by atomic mass is 15.2. The monoisotopic (exact) mass is 288 g/mol. The molecule has 1 unspecified atom stereocenters. The average Bonchev–Trinajstić information content (AvgIpc) is 2.99. The first kappa shape index (κ1) is 16.5. The Morgan fingerprint density at radius 3 is 2.33 bits per heavy atom. The highest BCUT2D eigenvalue weighted by Crippen LogP contribution is 2.31. The number of hydrogen-bond donors (Lipinski definition) is 1. The molecule has 0 bridgehead atoms. The molecule has 0 spiro atoms. The zero-order valence-corrected chi connectivity index (χ0v) is 14.0. The number of nitrogens with two attached hydrogens (primary N) is 1. The summed E-state index contributed by atoms with van der Waals surface area (Å²) in [5, 5.41) is 0. The van der Waals surface area contributed by atoms with Crippen molar-refractivity contribution in [1.29, 1.82) is 0 Å². The van der Waals surface area contributed by atoms with Crippen LogP contribution in [0.3, 0.4) is 0 Å². The molecular formula is C19H32N2. The van der Waals surface area contributed by atoms with E-state index in [9.17, 15) is 0 Å². The fourth-order valence-corrected chi connectivity index (χ4v) is 3.75. The number of hydrogen-bond acceptors (Lipinski definition) is 2. The standard InChI is InChI=1S/C19H32N2/c1-16(2)14-21(18-11-7-8-12-18)19(3,15-20)13-17-9-5-4-6-10-17/h4-6,9-10,16,18H,7-8,11-15,20H2,1-3H3. The zero-order valence-electron chi connectivity index (χ0n) is 14.0. The van der Waals surface area contributed by atoms with Gasteiger partial charge < -0.3 is 5.73 Å². The second-order valence-electron chi connectivity index (χ2n) is 7.35. The first-order valence-electron chi connectivity index (χ1n) is 8.56. The van der Waals surface area contributed by atoms with Crippen molar-refractivity contribution in [2.45, 2.75) is 64.5 Å². The number of benzene rings is 1. The molecule has 0 aliphatic heterocycles. The van der Waals surface area contributed by atoms with Crippen LogP contribution in [0.5, 0.6) is 0 Å². The van der Waals surface area contributed by atoms with Gasteiger partial charge in [0.2, 0.25) is 0 Å². The largest absolute Gasteiger partial charge is 0.329 e. The Balaban J connectivity index is 2.19. The highest BCUT2D eigenvalue weighted by molar-refractivity contribution is 5.18. The van der Waals surface area contributed by atoms with Crippen LogP contribution in [0.1, 0.15) is 52.0 Å². The van der Waals surface area contributed by atoms with E-state index in [0.29, 0.717) is 5.92 Å². The molecular weight excluding hydrogens is 256 g/mol. The van der Waals surface area contributed by atoms with Crippen molar-refractivity contribution >= 4 is 0 Å². The van der Waals surface area contributed by atoms with Crippen LogP contribution in [-0.4, -0.2) is 29.6 Å². The van der Waals surface area contributed by atoms with Crippen molar-refractivity contribution in [1.82, 2.24) is 4.90 Å². The molecule has 0 amide bonds. The first-order valence-corrected chi connectivity index (χ1v) is 8.56. The Kier molecular flexibility index (Phi) is 5.83. The molecule has 1 saturated carbocycles. The molecule has 0 aromatic heterocycles. The van der Waals surface area contributed by atoms with Crippen LogP contribution in [-0.2, 0) is 6.42 Å². The van der Waals surface area contributed by atoms with Gasteiger partial charge in [0.15, 0.2) is 0 Å². The molecule has 1 aliphatic rings. The van der Waals surface area contributed by atoms with Crippen molar-refractivity contribution < 1.29 is 0 Å². The minimum Gasteiger partial charge on any atom is -0.329 e. The maximum Gasteiger partial charge on any atom is 0.0346 e. The zero-order chi connectivity index (χ0) is 15.3. The smallest absolute Gasteiger partial charge is 0.0346 e. The molecule has 2 heteroatoms. The Labute approximate surface area is 130 Å². The molecule has 0 saturated heterocycles. The topological polar surface area (TPSA) is 29.3 Å². The lowest BCUT2D eigenvalue weighted by Crippen LogP contribution is -2.57. The number of rotatable bonds is 7. The van der Waals surface area contributed by atoms with Crippen LogP contribution in [0.15, 0.2) is 30.3 Å². The van der Waals surface area contributed by atoms with E-state index in [4.69, 9.17) is 5.73 Å². The fraction of sp³-hybridized carbons (Fsp3) is 0.684. The van der Waals surface area contributed by atoms with E-state index in [-0.39, 0.29) is 5.54 Å². The lowest BCUT2D eigenvalue weighted by Gasteiger charge is -2.45. The Hall–Kier alpha value is -0.860. The van der Waals surface area contributed by atoms with Crippen LogP contribution in [0.25, 0.3) is 0 Å². The van der Waals surface area contributed by atoms with E-state index >= 15 is 0 Å². The summed E-state index contributed by atoms with van der Waals surface area (Å²) in [6.45, 7) is 8.89. The van der Waals surface area contributed by atoms with Gasteiger partial charge in [-0.1, -0.05) is 57.0 Å². The third kappa shape index (κ3) is 4.31. The molecule has 1 aliphatic carbocycles. The average molecular weight is 288 g/mol. The molecule has 118 valence electrons. The van der Waals surface area contributed by atoms with Gasteiger partial charge in [-0.25, -0.2) is 0 Å². The predicted molar refractivity (Wildman–Crippen MR) is 91.4 cm³/mol. The quantitative estimate of drug-likeness (QED) is 0.826. The minimum atomic E-state index is 0.0701. The van der Waals surface area contributed by atoms with Gasteiger partial charge in [0.25, 0.3) is 0 Å². The summed E-state index contributed by atoms with van der Waals surface area (Å²) in [6, 6.07) is 11.5. The Bertz CT molecular complexity index is 409. The van der Waals surface area contributed by atoms with E-state index in [0.717, 1.165) is 25.6 Å². The molecule has 1 aromatic carbocycles. The van der Waals surface area contributed by atoms with Gasteiger partial charge in [0.1, 0.15) is 0 Å². The summed E-state index contributed by atoms with van der Waals surface area (Å²) in [6.07, 6.45) is 6.50. The molecule has 2 rings (SSSR count). The fourth-order valence-electron chi connectivity index (χ4n) is 3.75. The van der Waals surface area contributed by atoms with Crippen LogP contribution in [0.2, 0.25) is 0 Å². The van der Waals surface area contributed by atoms with E-state index in [1.807, 2.05) is 0 Å². The maximum atomic E-state index is 6.26. The van der Waals surface area contributed by atoms with Crippen LogP contribution >= 0.6 is 0 Å². The van der Waals surface area contributed by atoms with Crippen LogP contribution < -0.4 is 5.73 Å². The molecule has 1 atom stereocenters. The Morgan fingerprint density at radius 2 is 1.81 bits per heavy atom. The van der Waals surface area contributed by atoms with Crippen molar-refractivity contribution in [3.63, 3.8) is 0 Å². The number of nitrogens with zero attached hydrogens (tertiary/aromatic N) is 1. The predicted octanol–water partition coefficient (Wildman–Crippen LogP) is 3.85. The van der Waals surface area contributed by atoms with Gasteiger partial charge in [0, 0.05) is 24.7 Å². The Morgan fingerprint density at radius 1 is 1.19 bits per heavy atom. The summed E-state index contributed by atoms with van der Waals surface area (Å²) >= 11 is 0. The van der Waals surface area contributed by atoms with Gasteiger partial charge in [-0.05, 0) is 37.7 Å². The lowest BCUT2D eigenvalue weighted by atomic mass is 9.88. The van der Waals surface area contributed by atoms with Gasteiger partial charge in [-0.2, -0.15) is 0 Å². The van der Waals surface area contributed by atoms with Gasteiger partial charge in [0.05, 0.1) is 0 Å². The summed E-state index contributed by atoms with van der Waals surface area (Å²) in [7, 11) is 0. The molecule has 2 N–H and O–H groups in total. The summed E-state index contributed by atoms with van der Waals surface area (Å²) in [5.41, 5.74) is 7.73. The van der Waals surface area contributed by atoms with E-state index < -0.39 is 0 Å². The minimum absolute atomic E-state index is 0.0701. The van der Waals surface area contributed by atoms with Crippen molar-refractivity contribution in [2.75, 3.05) is 13.1 Å². The van der Waals surface area contributed by atoms with E-state index in [2.05, 4.69) is 56.0 Å². The highest BCUT2D eigenvalue weighted by Gasteiger charge is 2.36. The second-order valence-corrected chi connectivity index (χ2v) is 7.35. The lowest BCUT2D eigenvalue weighted by molar-refractivity contribution is 0.0504. The van der Waals surface area contributed by atoms with Crippen LogP contribution in [0, 0.1) is 5.92 Å². The molecule has 1 fully saturated rings. The summed E-state index contributed by atoms with van der Waals surface area (Å²) in [5.74, 6) is 0.687. The van der Waals surface area contributed by atoms with Gasteiger partial charge in [-0.3, -0.25) is 4.90 Å². The normalized spacial score (nSPS) is 19.3. The van der Waals surface area contributed by atoms with E-state index in [1.165, 1.54) is 31.2 Å².